The summed E-state index contributed by atoms with van der Waals surface area (Å²) in [5.74, 6) is 0.539. The Balaban J connectivity index is 0.000000159. The van der Waals surface area contributed by atoms with Crippen LogP contribution < -0.4 is 64.6 Å². The molecule has 0 saturated heterocycles. The number of pyridine rings is 5. The minimum absolute atomic E-state index is 0.0117. The van der Waals surface area contributed by atoms with Crippen LogP contribution >= 0.6 is 46.4 Å². The average Bonchev–Trinajstić information content (AvgIpc) is 1.62. The molecule has 13 heterocycles. The van der Waals surface area contributed by atoms with Crippen molar-refractivity contribution >= 4 is 121 Å². The van der Waals surface area contributed by atoms with E-state index in [0.717, 1.165) is 73.4 Å². The van der Waals surface area contributed by atoms with Crippen LogP contribution in [0.2, 0.25) is 20.6 Å². The molecule has 42 heteroatoms. The molecular formula is C80H84Cl4F3N25O10. The molecule has 0 aliphatic carbocycles. The van der Waals surface area contributed by atoms with Gasteiger partial charge in [0, 0.05) is 95.0 Å². The summed E-state index contributed by atoms with van der Waals surface area (Å²) in [5.41, 5.74) is 35.3. The van der Waals surface area contributed by atoms with Crippen molar-refractivity contribution < 1.29 is 41.7 Å². The molecule has 0 aliphatic rings. The fraction of sp³-hybridized carbons (Fsp3) is 0.300. The number of esters is 1. The zero-order chi connectivity index (χ0) is 88.6. The van der Waals surface area contributed by atoms with Crippen LogP contribution in [-0.4, -0.2) is 143 Å². The number of hydrogen-bond acceptors (Lipinski definition) is 27. The lowest BCUT2D eigenvalue weighted by Crippen LogP contribution is -2.26. The van der Waals surface area contributed by atoms with E-state index in [1.807, 2.05) is 72.7 Å². The number of anilines is 4. The second kappa shape index (κ2) is 38.4. The Bertz CT molecular complexity index is 6660. The Morgan fingerprint density at radius 1 is 0.426 bits per heavy atom. The number of nitrogen functional groups attached to an aromatic ring is 4. The maximum Gasteiger partial charge on any atom is 0.337 e. The summed E-state index contributed by atoms with van der Waals surface area (Å²) in [6, 6.07) is 12.2. The quantitative estimate of drug-likeness (QED) is 0.0189. The lowest BCUT2D eigenvalue weighted by molar-refractivity contribution is 0.0600. The van der Waals surface area contributed by atoms with E-state index < -0.39 is 30.0 Å². The molecule has 0 spiro atoms. The monoisotopic (exact) mass is 1750 g/mol. The fourth-order valence-corrected chi connectivity index (χ4v) is 15.0. The van der Waals surface area contributed by atoms with E-state index in [4.69, 9.17) is 93.0 Å². The minimum atomic E-state index is -2.44. The first-order valence-electron chi connectivity index (χ1n) is 37.2. The van der Waals surface area contributed by atoms with Gasteiger partial charge in [0.1, 0.15) is 45.1 Å². The van der Waals surface area contributed by atoms with Gasteiger partial charge in [-0.2, -0.15) is 48.7 Å². The molecule has 0 bridgehead atoms. The highest BCUT2D eigenvalue weighted by Crippen LogP contribution is 2.33. The second-order valence-corrected chi connectivity index (χ2v) is 29.1. The van der Waals surface area contributed by atoms with Crippen molar-refractivity contribution in [2.24, 2.45) is 0 Å². The summed E-state index contributed by atoms with van der Waals surface area (Å²) >= 11 is 25.2. The lowest BCUT2D eigenvalue weighted by Gasteiger charge is -2.12. The largest absolute Gasteiger partial charge is 0.496 e. The number of carbonyl (C=O) groups excluding carboxylic acids is 1. The zero-order valence-corrected chi connectivity index (χ0v) is 71.4. The van der Waals surface area contributed by atoms with E-state index in [1.54, 1.807) is 88.1 Å². The number of benzene rings is 1. The van der Waals surface area contributed by atoms with Crippen molar-refractivity contribution in [3.8, 4) is 23.0 Å². The van der Waals surface area contributed by atoms with Gasteiger partial charge in [0.2, 0.25) is 23.8 Å². The number of allylic oxidation sites excluding steroid dienone is 2. The molecule has 0 atom stereocenters. The number of halogens is 7. The molecule has 0 amide bonds. The molecule has 14 rings (SSSR count). The third-order valence-electron chi connectivity index (χ3n) is 19.9. The van der Waals surface area contributed by atoms with E-state index in [2.05, 4.69) is 71.4 Å². The lowest BCUT2D eigenvalue weighted by atomic mass is 10.1. The molecular weight excluding hydrogens is 1670 g/mol. The standard InChI is InChI=1S/C23H23ClN6O4.C20H20ClN7O2.C19H23ClN6O2.C18H18ClF3N6O2/c1-12-9-26-16(13(2)18(12)33-3)11-30-20-17(19(24)27-22(25)28-20)29(23(30)32)10-14-5-7-15(8-6-14)21(31)34-4;1-11-8-24-14(12(2)16(11)30-3)10-28-18-15(17(21)25-19(22)26-18)27(20(28)29)9-13-6-4-5-7-23-13;1-5-6-7-8-25-14-16(20)23-18(21)24-17(14)26(19(25)27)10-13-12(3)15(28-4)11(2)9-22-13;1-8-6-24-11(9(2)13(8)30-3)7-28-16-12(14(19)25-17(23)26-16)27(18(28)29)5-4-10(20)15(21)22/h5-9H,10-11H2,1-4H3,(H2,25,27,28);4-8H,9-10H2,1-3H3,(H2,22,25,26);5,9H,1,6-8,10H2,2-4H3,(H2,21,23,24);6H,4-5,7H2,1-3H3,(H2,23,25,26). The van der Waals surface area contributed by atoms with Crippen LogP contribution in [0.3, 0.4) is 0 Å². The van der Waals surface area contributed by atoms with E-state index in [1.165, 1.54) is 41.6 Å². The first-order valence-corrected chi connectivity index (χ1v) is 38.7. The summed E-state index contributed by atoms with van der Waals surface area (Å²) in [7, 11) is 7.66. The van der Waals surface area contributed by atoms with Gasteiger partial charge >= 0.3 is 34.8 Å². The second-order valence-electron chi connectivity index (χ2n) is 27.7. The zero-order valence-electron chi connectivity index (χ0n) is 68.4. The van der Waals surface area contributed by atoms with E-state index in [-0.39, 0.29) is 118 Å². The Labute approximate surface area is 713 Å². The van der Waals surface area contributed by atoms with Crippen LogP contribution in [0.15, 0.2) is 117 Å². The van der Waals surface area contributed by atoms with Crippen LogP contribution in [0.5, 0.6) is 23.0 Å². The summed E-state index contributed by atoms with van der Waals surface area (Å²) in [4.78, 5) is 120. The third kappa shape index (κ3) is 18.7. The van der Waals surface area contributed by atoms with Crippen molar-refractivity contribution in [3.63, 3.8) is 0 Å². The molecule has 122 heavy (non-hydrogen) atoms. The van der Waals surface area contributed by atoms with Gasteiger partial charge in [-0.3, -0.25) is 61.5 Å². The smallest absolute Gasteiger partial charge is 0.337 e. The van der Waals surface area contributed by atoms with Crippen LogP contribution in [0, 0.1) is 55.4 Å². The predicted molar refractivity (Wildman–Crippen MR) is 457 cm³/mol. The van der Waals surface area contributed by atoms with E-state index in [0.29, 0.717) is 91.1 Å². The topological polar surface area (TPSA) is 443 Å². The van der Waals surface area contributed by atoms with Crippen LogP contribution in [-0.2, 0) is 57.1 Å². The van der Waals surface area contributed by atoms with Crippen molar-refractivity contribution in [2.45, 2.75) is 127 Å². The first kappa shape index (κ1) is 89.5. The van der Waals surface area contributed by atoms with Crippen LogP contribution in [0.4, 0.5) is 37.0 Å². The summed E-state index contributed by atoms with van der Waals surface area (Å²) < 4.78 is 76.1. The maximum absolute atomic E-state index is 13.5. The van der Waals surface area contributed by atoms with Gasteiger partial charge in [0.15, 0.2) is 49.0 Å². The Hall–Kier alpha value is -13.3. The minimum Gasteiger partial charge on any atom is -0.496 e. The number of aromatic nitrogens is 21. The van der Waals surface area contributed by atoms with Gasteiger partial charge in [-0.25, -0.2) is 28.4 Å². The highest BCUT2D eigenvalue weighted by atomic mass is 35.5. The highest BCUT2D eigenvalue weighted by molar-refractivity contribution is 6.35. The van der Waals surface area contributed by atoms with Gasteiger partial charge in [-0.05, 0) is 98.1 Å². The number of unbranched alkanes of at least 4 members (excludes halogenated alkanes) is 1. The number of methoxy groups -OCH3 is 5. The van der Waals surface area contributed by atoms with Gasteiger partial charge in [-0.1, -0.05) is 70.7 Å². The van der Waals surface area contributed by atoms with Crippen LogP contribution in [0.1, 0.15) is 108 Å². The highest BCUT2D eigenvalue weighted by Gasteiger charge is 2.28. The van der Waals surface area contributed by atoms with Crippen molar-refractivity contribution in [1.82, 2.24) is 101 Å². The SMILES string of the molecule is C=CCCCn1c(=O)n(Cc2ncc(C)c(OC)c2C)c2nc(N)nc(Cl)c21.COC(=O)c1ccc(Cn2c(=O)n(Cc3ncc(C)c(OC)c3C)c3nc(N)nc(Cl)c32)cc1.COc1c(C)cnc(Cn2c(=O)n(CCC(F)=C(F)F)c3c(Cl)nc(N)nc32)c1C.COc1c(C)cnc(Cn2c(=O)n(Cc3ccccn3)c3c(Cl)nc(N)nc32)c1C. The molecule has 0 fully saturated rings. The third-order valence-corrected chi connectivity index (χ3v) is 20.9. The molecule has 13 aromatic heterocycles. The summed E-state index contributed by atoms with van der Waals surface area (Å²) in [6.07, 6.45) is 8.62. The summed E-state index contributed by atoms with van der Waals surface area (Å²) in [6.45, 7) is 19.8. The van der Waals surface area contributed by atoms with E-state index >= 15 is 0 Å². The molecule has 0 radical (unpaired) electrons. The number of imidazole rings is 4. The molecule has 1 aromatic carbocycles. The molecule has 8 N–H and O–H groups in total. The number of nitrogens with two attached hydrogens (primary N) is 4. The molecule has 0 unspecified atom stereocenters. The summed E-state index contributed by atoms with van der Waals surface area (Å²) in [5, 5.41) is 0.180. The number of hydrogen-bond donors (Lipinski definition) is 4. The van der Waals surface area contributed by atoms with Crippen molar-refractivity contribution in [1.29, 1.82) is 0 Å². The Kier molecular flexibility index (Phi) is 28.1. The number of ether oxygens (including phenoxy) is 5. The van der Waals surface area contributed by atoms with Gasteiger partial charge in [-0.15, -0.1) is 6.58 Å². The Morgan fingerprint density at radius 3 is 1.07 bits per heavy atom. The number of fused-ring (bicyclic) bond motifs is 4. The predicted octanol–water partition coefficient (Wildman–Crippen LogP) is 11.3. The van der Waals surface area contributed by atoms with E-state index in [9.17, 15) is 37.1 Å². The first-order chi connectivity index (χ1) is 58.2. The number of nitrogens with zero attached hydrogens (tertiary/aromatic N) is 21. The van der Waals surface area contributed by atoms with Gasteiger partial charge in [0.25, 0.3) is 0 Å². The van der Waals surface area contributed by atoms with Crippen LogP contribution in [0.25, 0.3) is 44.7 Å². The molecule has 14 aromatic rings. The molecule has 0 aliphatic heterocycles. The maximum atomic E-state index is 13.5. The number of aryl methyl sites for hydroxylation is 6. The van der Waals surface area contributed by atoms with Crippen molar-refractivity contribution in [2.75, 3.05) is 58.5 Å². The fourth-order valence-electron chi connectivity index (χ4n) is 13.9. The van der Waals surface area contributed by atoms with Gasteiger partial charge in [0.05, 0.1) is 109 Å². The normalized spacial score (nSPS) is 11.1. The van der Waals surface area contributed by atoms with Gasteiger partial charge < -0.3 is 46.6 Å². The Morgan fingerprint density at radius 2 is 0.754 bits per heavy atom. The molecule has 35 nitrogen and oxygen atoms in total. The molecule has 0 saturated carbocycles. The average molecular weight is 1750 g/mol. The number of carbonyl (C=O) groups is 1. The molecule has 638 valence electrons. The van der Waals surface area contributed by atoms with Crippen molar-refractivity contribution in [3.05, 3.63) is 245 Å². The number of rotatable bonds is 24.